The highest BCUT2D eigenvalue weighted by molar-refractivity contribution is 5.89. The van der Waals surface area contributed by atoms with E-state index in [0.29, 0.717) is 25.3 Å². The Balaban J connectivity index is 2.74. The predicted molar refractivity (Wildman–Crippen MR) is 79.0 cm³/mol. The molecular weight excluding hydrogens is 258 g/mol. The van der Waals surface area contributed by atoms with Crippen LogP contribution in [0.1, 0.15) is 26.7 Å². The van der Waals surface area contributed by atoms with Crippen molar-refractivity contribution in [1.82, 2.24) is 9.47 Å². The number of aliphatic hydroxyl groups excluding tert-OH is 1. The highest BCUT2D eigenvalue weighted by Gasteiger charge is 2.12. The fourth-order valence-corrected chi connectivity index (χ4v) is 1.84. The third-order valence-corrected chi connectivity index (χ3v) is 3.01. The van der Waals surface area contributed by atoms with Gasteiger partial charge in [-0.2, -0.15) is 0 Å². The van der Waals surface area contributed by atoms with Gasteiger partial charge in [0.2, 0.25) is 0 Å². The molecule has 0 aromatic carbocycles. The minimum absolute atomic E-state index is 0.0639. The molecule has 0 aliphatic heterocycles. The summed E-state index contributed by atoms with van der Waals surface area (Å²) in [4.78, 5) is 25.2. The Morgan fingerprint density at radius 3 is 2.70 bits per heavy atom. The van der Waals surface area contributed by atoms with E-state index in [1.54, 1.807) is 17.2 Å². The molecule has 6 heteroatoms. The average molecular weight is 281 g/mol. The van der Waals surface area contributed by atoms with Gasteiger partial charge in [-0.15, -0.1) is 0 Å². The minimum Gasteiger partial charge on any atom is -0.395 e. The van der Waals surface area contributed by atoms with Crippen LogP contribution in [0.4, 0.5) is 10.5 Å². The van der Waals surface area contributed by atoms with E-state index in [1.165, 1.54) is 10.6 Å². The van der Waals surface area contributed by atoms with Crippen LogP contribution < -0.4 is 10.9 Å². The van der Waals surface area contributed by atoms with Crippen molar-refractivity contribution in [2.24, 2.45) is 0 Å². The van der Waals surface area contributed by atoms with E-state index in [4.69, 9.17) is 5.11 Å². The molecule has 1 heterocycles. The fourth-order valence-electron chi connectivity index (χ4n) is 1.84. The number of pyridine rings is 1. The van der Waals surface area contributed by atoms with E-state index < -0.39 is 0 Å². The van der Waals surface area contributed by atoms with Gasteiger partial charge in [0.05, 0.1) is 12.3 Å². The number of nitrogens with zero attached hydrogens (tertiary/aromatic N) is 2. The number of aromatic nitrogens is 1. The van der Waals surface area contributed by atoms with Crippen molar-refractivity contribution in [2.45, 2.75) is 33.2 Å². The Bertz CT molecular complexity index is 485. The highest BCUT2D eigenvalue weighted by Crippen LogP contribution is 2.06. The topological polar surface area (TPSA) is 74.6 Å². The summed E-state index contributed by atoms with van der Waals surface area (Å²) in [6.07, 6.45) is 3.50. The first-order chi connectivity index (χ1) is 9.62. The fraction of sp³-hybridized carbons (Fsp3) is 0.571. The molecule has 112 valence electrons. The Kier molecular flexibility index (Phi) is 6.79. The van der Waals surface area contributed by atoms with Crippen LogP contribution in [0.2, 0.25) is 0 Å². The zero-order valence-corrected chi connectivity index (χ0v) is 12.1. The number of anilines is 1. The number of carbonyl (C=O) groups excluding carboxylic acids is 1. The molecule has 0 spiro atoms. The van der Waals surface area contributed by atoms with Gasteiger partial charge >= 0.3 is 6.03 Å². The number of hydrogen-bond acceptors (Lipinski definition) is 3. The van der Waals surface area contributed by atoms with Crippen LogP contribution in [0.15, 0.2) is 23.1 Å². The van der Waals surface area contributed by atoms with Crippen LogP contribution in [-0.2, 0) is 6.54 Å². The lowest BCUT2D eigenvalue weighted by Gasteiger charge is -2.22. The van der Waals surface area contributed by atoms with Crippen molar-refractivity contribution in [3.8, 4) is 0 Å². The Labute approximate surface area is 119 Å². The van der Waals surface area contributed by atoms with Gasteiger partial charge in [0.1, 0.15) is 0 Å². The molecule has 20 heavy (non-hydrogen) atoms. The summed E-state index contributed by atoms with van der Waals surface area (Å²) in [5.41, 5.74) is 0.486. The normalized spacial score (nSPS) is 10.3. The SMILES string of the molecule is CCCCN(CCO)C(=O)Nc1ccc(=O)n(CC)c1. The third kappa shape index (κ3) is 4.70. The summed E-state index contributed by atoms with van der Waals surface area (Å²) in [6, 6.07) is 2.76. The number of urea groups is 1. The molecule has 0 saturated carbocycles. The Morgan fingerprint density at radius 1 is 1.35 bits per heavy atom. The number of aryl methyl sites for hydroxylation is 1. The summed E-state index contributed by atoms with van der Waals surface area (Å²) < 4.78 is 1.53. The van der Waals surface area contributed by atoms with Crippen molar-refractivity contribution in [2.75, 3.05) is 25.0 Å². The maximum absolute atomic E-state index is 12.1. The molecule has 0 radical (unpaired) electrons. The summed E-state index contributed by atoms with van der Waals surface area (Å²) >= 11 is 0. The zero-order chi connectivity index (χ0) is 15.0. The molecular formula is C14H23N3O3. The predicted octanol–water partition coefficient (Wildman–Crippen LogP) is 1.49. The molecule has 0 aliphatic carbocycles. The number of unbranched alkanes of at least 4 members (excludes halogenated alkanes) is 1. The monoisotopic (exact) mass is 281 g/mol. The van der Waals surface area contributed by atoms with Crippen molar-refractivity contribution < 1.29 is 9.90 Å². The Morgan fingerprint density at radius 2 is 2.10 bits per heavy atom. The molecule has 2 amide bonds. The third-order valence-electron chi connectivity index (χ3n) is 3.01. The van der Waals surface area contributed by atoms with Crippen molar-refractivity contribution >= 4 is 11.7 Å². The average Bonchev–Trinajstić information content (AvgIpc) is 2.45. The second kappa shape index (κ2) is 8.37. The van der Waals surface area contributed by atoms with E-state index >= 15 is 0 Å². The van der Waals surface area contributed by atoms with E-state index in [1.807, 2.05) is 13.8 Å². The molecule has 0 aliphatic rings. The lowest BCUT2D eigenvalue weighted by molar-refractivity contribution is 0.187. The van der Waals surface area contributed by atoms with Gasteiger partial charge in [-0.1, -0.05) is 13.3 Å². The second-order valence-corrected chi connectivity index (χ2v) is 4.54. The molecule has 0 atom stereocenters. The van der Waals surface area contributed by atoms with Gasteiger partial charge in [0.25, 0.3) is 5.56 Å². The minimum atomic E-state index is -0.256. The van der Waals surface area contributed by atoms with Crippen LogP contribution in [0, 0.1) is 0 Å². The second-order valence-electron chi connectivity index (χ2n) is 4.54. The van der Waals surface area contributed by atoms with Gasteiger partial charge in [-0.3, -0.25) is 4.79 Å². The smallest absolute Gasteiger partial charge is 0.321 e. The number of amides is 2. The van der Waals surface area contributed by atoms with E-state index in [-0.39, 0.29) is 18.2 Å². The molecule has 1 rings (SSSR count). The van der Waals surface area contributed by atoms with Gasteiger partial charge in [-0.25, -0.2) is 4.79 Å². The number of hydrogen-bond donors (Lipinski definition) is 2. The summed E-state index contributed by atoms with van der Waals surface area (Å²) in [6.45, 7) is 5.32. The standard InChI is InChI=1S/C14H23N3O3/c1-3-5-8-17(9-10-18)14(20)15-12-6-7-13(19)16(4-2)11-12/h6-7,11,18H,3-5,8-10H2,1-2H3,(H,15,20). The number of carbonyl (C=O) groups is 1. The van der Waals surface area contributed by atoms with Gasteiger partial charge in [-0.05, 0) is 19.4 Å². The molecule has 0 saturated heterocycles. The van der Waals surface area contributed by atoms with Crippen LogP contribution in [0.5, 0.6) is 0 Å². The van der Waals surface area contributed by atoms with Gasteiger partial charge < -0.3 is 19.9 Å². The summed E-state index contributed by atoms with van der Waals surface area (Å²) in [5, 5.41) is 11.8. The van der Waals surface area contributed by atoms with Gasteiger partial charge in [0.15, 0.2) is 0 Å². The lowest BCUT2D eigenvalue weighted by Crippen LogP contribution is -2.38. The Hall–Kier alpha value is -1.82. The molecule has 0 bridgehead atoms. The zero-order valence-electron chi connectivity index (χ0n) is 12.1. The quantitative estimate of drug-likeness (QED) is 0.795. The van der Waals surface area contributed by atoms with E-state index in [2.05, 4.69) is 5.32 Å². The number of rotatable bonds is 7. The van der Waals surface area contributed by atoms with Crippen LogP contribution in [-0.4, -0.2) is 40.3 Å². The molecule has 1 aromatic heterocycles. The van der Waals surface area contributed by atoms with Crippen LogP contribution in [0.3, 0.4) is 0 Å². The van der Waals surface area contributed by atoms with Crippen LogP contribution >= 0.6 is 0 Å². The van der Waals surface area contributed by atoms with E-state index in [0.717, 1.165) is 12.8 Å². The largest absolute Gasteiger partial charge is 0.395 e. The van der Waals surface area contributed by atoms with Crippen molar-refractivity contribution in [1.29, 1.82) is 0 Å². The number of aliphatic hydroxyl groups is 1. The first kappa shape index (κ1) is 16.2. The maximum atomic E-state index is 12.1. The number of nitrogens with one attached hydrogen (secondary N) is 1. The van der Waals surface area contributed by atoms with Gasteiger partial charge in [0, 0.05) is 31.9 Å². The van der Waals surface area contributed by atoms with E-state index in [9.17, 15) is 9.59 Å². The molecule has 6 nitrogen and oxygen atoms in total. The molecule has 0 fully saturated rings. The summed E-state index contributed by atoms with van der Waals surface area (Å²) in [5.74, 6) is 0. The van der Waals surface area contributed by atoms with Crippen molar-refractivity contribution in [3.63, 3.8) is 0 Å². The first-order valence-electron chi connectivity index (χ1n) is 6.99. The van der Waals surface area contributed by atoms with Crippen molar-refractivity contribution in [3.05, 3.63) is 28.7 Å². The first-order valence-corrected chi connectivity index (χ1v) is 6.99. The highest BCUT2D eigenvalue weighted by atomic mass is 16.3. The maximum Gasteiger partial charge on any atom is 0.321 e. The van der Waals surface area contributed by atoms with Crippen LogP contribution in [0.25, 0.3) is 0 Å². The lowest BCUT2D eigenvalue weighted by atomic mass is 10.3. The molecule has 1 aromatic rings. The molecule has 0 unspecified atom stereocenters. The molecule has 2 N–H and O–H groups in total. The summed E-state index contributed by atoms with van der Waals surface area (Å²) in [7, 11) is 0.